The first-order valence-electron chi connectivity index (χ1n) is 6.83. The predicted molar refractivity (Wildman–Crippen MR) is 80.8 cm³/mol. The van der Waals surface area contributed by atoms with Gasteiger partial charge in [-0.05, 0) is 42.8 Å². The maximum absolute atomic E-state index is 12.6. The van der Waals surface area contributed by atoms with Crippen molar-refractivity contribution in [2.75, 3.05) is 12.4 Å². The monoisotopic (exact) mass is 320 g/mol. The Morgan fingerprint density at radius 3 is 2.77 bits per heavy atom. The van der Waals surface area contributed by atoms with E-state index >= 15 is 0 Å². The molecule has 0 saturated heterocycles. The van der Waals surface area contributed by atoms with E-state index in [1.807, 2.05) is 0 Å². The number of anilines is 1. The zero-order chi connectivity index (χ0) is 15.9. The normalized spacial score (nSPS) is 17.6. The number of hydrogen-bond acceptors (Lipinski definition) is 4. The van der Waals surface area contributed by atoms with Crippen LogP contribution >= 0.6 is 0 Å². The quantitative estimate of drug-likeness (QED) is 0.936. The van der Waals surface area contributed by atoms with Crippen molar-refractivity contribution in [2.24, 2.45) is 0 Å². The van der Waals surface area contributed by atoms with E-state index in [4.69, 9.17) is 4.42 Å². The lowest BCUT2D eigenvalue weighted by Crippen LogP contribution is -2.26. The highest BCUT2D eigenvalue weighted by atomic mass is 32.2. The lowest BCUT2D eigenvalue weighted by atomic mass is 10.0. The maximum Gasteiger partial charge on any atom is 0.243 e. The minimum Gasteiger partial charge on any atom is -0.468 e. The van der Waals surface area contributed by atoms with Gasteiger partial charge in [0.1, 0.15) is 5.76 Å². The summed E-state index contributed by atoms with van der Waals surface area (Å²) < 4.78 is 31.7. The first-order chi connectivity index (χ1) is 10.4. The number of rotatable bonds is 4. The molecule has 1 aliphatic heterocycles. The summed E-state index contributed by atoms with van der Waals surface area (Å²) in [5.74, 6) is 0.103. The molecular weight excluding hydrogens is 304 g/mol. The van der Waals surface area contributed by atoms with Crippen LogP contribution in [0.4, 0.5) is 5.69 Å². The van der Waals surface area contributed by atoms with Gasteiger partial charge in [0.05, 0.1) is 23.6 Å². The average molecular weight is 320 g/mol. The Kier molecular flexibility index (Phi) is 3.54. The van der Waals surface area contributed by atoms with Crippen LogP contribution in [-0.2, 0) is 21.4 Å². The summed E-state index contributed by atoms with van der Waals surface area (Å²) in [6.45, 7) is 1.91. The Balaban J connectivity index is 1.91. The minimum atomic E-state index is -3.64. The number of benzene rings is 1. The number of fused-ring (bicyclic) bond motifs is 1. The maximum atomic E-state index is 12.6. The van der Waals surface area contributed by atoms with E-state index in [9.17, 15) is 13.2 Å². The van der Waals surface area contributed by atoms with Gasteiger partial charge in [-0.15, -0.1) is 0 Å². The Morgan fingerprint density at radius 2 is 2.09 bits per heavy atom. The average Bonchev–Trinajstić information content (AvgIpc) is 3.08. The van der Waals surface area contributed by atoms with Crippen molar-refractivity contribution >= 4 is 21.6 Å². The summed E-state index contributed by atoms with van der Waals surface area (Å²) in [6.07, 6.45) is 1.50. The topological polar surface area (TPSA) is 79.6 Å². The zero-order valence-electron chi connectivity index (χ0n) is 12.2. The lowest BCUT2D eigenvalue weighted by molar-refractivity contribution is -0.116. The Hall–Kier alpha value is -2.12. The third-order valence-corrected chi connectivity index (χ3v) is 5.61. The number of hydrogen-bond donors (Lipinski definition) is 1. The third-order valence-electron chi connectivity index (χ3n) is 3.81. The number of nitrogens with one attached hydrogen (secondary N) is 1. The molecule has 0 saturated carbocycles. The zero-order valence-corrected chi connectivity index (χ0v) is 13.1. The van der Waals surface area contributed by atoms with Crippen molar-refractivity contribution in [3.8, 4) is 0 Å². The van der Waals surface area contributed by atoms with Gasteiger partial charge in [-0.1, -0.05) is 0 Å². The fourth-order valence-electron chi connectivity index (χ4n) is 2.44. The Morgan fingerprint density at radius 1 is 1.32 bits per heavy atom. The molecule has 1 aliphatic rings. The van der Waals surface area contributed by atoms with Gasteiger partial charge in [0.15, 0.2) is 0 Å². The van der Waals surface area contributed by atoms with E-state index in [-0.39, 0.29) is 23.3 Å². The van der Waals surface area contributed by atoms with Gasteiger partial charge in [-0.25, -0.2) is 8.42 Å². The molecule has 0 radical (unpaired) electrons. The van der Waals surface area contributed by atoms with Crippen molar-refractivity contribution in [3.05, 3.63) is 47.9 Å². The predicted octanol–water partition coefficient (Wildman–Crippen LogP) is 2.16. The summed E-state index contributed by atoms with van der Waals surface area (Å²) in [5.41, 5.74) is 1.38. The van der Waals surface area contributed by atoms with Crippen LogP contribution in [-0.4, -0.2) is 25.7 Å². The molecule has 0 aliphatic carbocycles. The highest BCUT2D eigenvalue weighted by molar-refractivity contribution is 7.89. The summed E-state index contributed by atoms with van der Waals surface area (Å²) in [4.78, 5) is 11.8. The summed E-state index contributed by atoms with van der Waals surface area (Å²) in [5, 5.41) is 2.73. The molecule has 0 unspecified atom stereocenters. The first kappa shape index (κ1) is 14.8. The van der Waals surface area contributed by atoms with E-state index in [1.54, 1.807) is 31.2 Å². The van der Waals surface area contributed by atoms with Gasteiger partial charge in [-0.2, -0.15) is 4.31 Å². The third kappa shape index (κ3) is 2.42. The van der Waals surface area contributed by atoms with Crippen LogP contribution < -0.4 is 5.32 Å². The molecule has 3 rings (SSSR count). The molecule has 22 heavy (non-hydrogen) atoms. The van der Waals surface area contributed by atoms with Gasteiger partial charge >= 0.3 is 0 Å². The van der Waals surface area contributed by atoms with Crippen molar-refractivity contribution in [2.45, 2.75) is 24.3 Å². The molecule has 0 bridgehead atoms. The molecule has 0 spiro atoms. The van der Waals surface area contributed by atoms with Gasteiger partial charge in [0.25, 0.3) is 0 Å². The largest absolute Gasteiger partial charge is 0.468 e. The fraction of sp³-hybridized carbons (Fsp3) is 0.267. The second-order valence-corrected chi connectivity index (χ2v) is 7.35. The number of furan rings is 1. The molecule has 1 N–H and O–H groups in total. The van der Waals surface area contributed by atoms with Crippen LogP contribution in [0, 0.1) is 0 Å². The number of carbonyl (C=O) groups is 1. The van der Waals surface area contributed by atoms with Gasteiger partial charge in [-0.3, -0.25) is 4.79 Å². The highest BCUT2D eigenvalue weighted by Gasteiger charge is 2.29. The fourth-order valence-corrected chi connectivity index (χ4v) is 3.62. The SMILES string of the molecule is C[C@H]1C(=O)Nc2ccc(S(=O)(=O)N(C)Cc3ccco3)cc21. The smallest absolute Gasteiger partial charge is 0.243 e. The van der Waals surface area contributed by atoms with E-state index < -0.39 is 10.0 Å². The van der Waals surface area contributed by atoms with Gasteiger partial charge < -0.3 is 9.73 Å². The van der Waals surface area contributed by atoms with Crippen LogP contribution in [0.1, 0.15) is 24.2 Å². The van der Waals surface area contributed by atoms with E-state index in [0.29, 0.717) is 17.0 Å². The van der Waals surface area contributed by atoms with Crippen LogP contribution in [0.25, 0.3) is 0 Å². The van der Waals surface area contributed by atoms with Gasteiger partial charge in [0, 0.05) is 12.7 Å². The molecular formula is C15H16N2O4S. The van der Waals surface area contributed by atoms with E-state index in [2.05, 4.69) is 5.32 Å². The Bertz CT molecular complexity index is 812. The summed E-state index contributed by atoms with van der Waals surface area (Å²) >= 11 is 0. The van der Waals surface area contributed by atoms with Crippen LogP contribution in [0.3, 0.4) is 0 Å². The minimum absolute atomic E-state index is 0.117. The van der Waals surface area contributed by atoms with E-state index in [0.717, 1.165) is 0 Å². The lowest BCUT2D eigenvalue weighted by Gasteiger charge is -2.16. The van der Waals surface area contributed by atoms with Crippen LogP contribution in [0.2, 0.25) is 0 Å². The number of sulfonamides is 1. The molecule has 2 aromatic rings. The van der Waals surface area contributed by atoms with Crippen molar-refractivity contribution < 1.29 is 17.6 Å². The molecule has 0 fully saturated rings. The molecule has 6 nitrogen and oxygen atoms in total. The summed E-state index contributed by atoms with van der Waals surface area (Å²) in [7, 11) is -2.15. The van der Waals surface area contributed by atoms with Gasteiger partial charge in [0.2, 0.25) is 15.9 Å². The van der Waals surface area contributed by atoms with Crippen molar-refractivity contribution in [1.82, 2.24) is 4.31 Å². The molecule has 1 aromatic carbocycles. The summed E-state index contributed by atoms with van der Waals surface area (Å²) in [6, 6.07) is 8.13. The van der Waals surface area contributed by atoms with Crippen molar-refractivity contribution in [1.29, 1.82) is 0 Å². The number of amides is 1. The second-order valence-electron chi connectivity index (χ2n) is 5.30. The van der Waals surface area contributed by atoms with Crippen LogP contribution in [0.15, 0.2) is 45.9 Å². The highest BCUT2D eigenvalue weighted by Crippen LogP contribution is 2.34. The van der Waals surface area contributed by atoms with E-state index in [1.165, 1.54) is 23.7 Å². The number of nitrogens with zero attached hydrogens (tertiary/aromatic N) is 1. The molecule has 2 heterocycles. The van der Waals surface area contributed by atoms with Crippen molar-refractivity contribution in [3.63, 3.8) is 0 Å². The molecule has 1 atom stereocenters. The van der Waals surface area contributed by atoms with Crippen LogP contribution in [0.5, 0.6) is 0 Å². The molecule has 1 aromatic heterocycles. The second kappa shape index (κ2) is 5.26. The molecule has 116 valence electrons. The molecule has 7 heteroatoms. The number of carbonyl (C=O) groups excluding carboxylic acids is 1. The Labute approximate surface area is 128 Å². The first-order valence-corrected chi connectivity index (χ1v) is 8.27. The standard InChI is InChI=1S/C15H16N2O4S/c1-10-13-8-12(5-6-14(13)16-15(10)18)22(19,20)17(2)9-11-4-3-7-21-11/h3-8,10H,9H2,1-2H3,(H,16,18)/t10-/m1/s1. The molecule has 1 amide bonds.